The molecule has 17 heavy (non-hydrogen) atoms. The lowest BCUT2D eigenvalue weighted by Gasteiger charge is -2.14. The van der Waals surface area contributed by atoms with Crippen LogP contribution in [0.5, 0.6) is 0 Å². The third-order valence-electron chi connectivity index (χ3n) is 2.60. The van der Waals surface area contributed by atoms with Gasteiger partial charge in [0.2, 0.25) is 0 Å². The lowest BCUT2D eigenvalue weighted by molar-refractivity contribution is 0.774. The zero-order valence-corrected chi connectivity index (χ0v) is 11.7. The van der Waals surface area contributed by atoms with Crippen molar-refractivity contribution < 1.29 is 0 Å². The summed E-state index contributed by atoms with van der Waals surface area (Å²) in [5.74, 6) is 1.11. The number of nitrogen functional groups attached to an aromatic ring is 1. The summed E-state index contributed by atoms with van der Waals surface area (Å²) in [5, 5.41) is 4.48. The predicted molar refractivity (Wildman–Crippen MR) is 80.1 cm³/mol. The minimum Gasteiger partial charge on any atom is -0.399 e. The van der Waals surface area contributed by atoms with Gasteiger partial charge in [-0.25, -0.2) is 4.98 Å². The van der Waals surface area contributed by atoms with E-state index in [9.17, 15) is 0 Å². The monoisotopic (exact) mass is 267 g/mol. The molecule has 0 radical (unpaired) electrons. The SMILES string of the molecule is CCC(CSC)Nc1nc2ccc(N)cc2s1. The van der Waals surface area contributed by atoms with E-state index in [4.69, 9.17) is 5.73 Å². The van der Waals surface area contributed by atoms with Crippen LogP contribution in [0.25, 0.3) is 10.2 Å². The normalized spacial score (nSPS) is 12.8. The first-order valence-corrected chi connectivity index (χ1v) is 7.85. The van der Waals surface area contributed by atoms with Crippen molar-refractivity contribution in [2.45, 2.75) is 19.4 Å². The van der Waals surface area contributed by atoms with E-state index in [2.05, 4.69) is 23.5 Å². The maximum absolute atomic E-state index is 5.76. The Balaban J connectivity index is 2.18. The van der Waals surface area contributed by atoms with E-state index in [0.29, 0.717) is 6.04 Å². The molecule has 2 rings (SSSR count). The van der Waals surface area contributed by atoms with E-state index in [1.165, 1.54) is 0 Å². The molecule has 0 saturated carbocycles. The number of thioether (sulfide) groups is 1. The quantitative estimate of drug-likeness (QED) is 0.815. The van der Waals surface area contributed by atoms with E-state index < -0.39 is 0 Å². The fourth-order valence-electron chi connectivity index (χ4n) is 1.64. The van der Waals surface area contributed by atoms with Gasteiger partial charge >= 0.3 is 0 Å². The third-order valence-corrected chi connectivity index (χ3v) is 4.29. The fraction of sp³-hybridized carbons (Fsp3) is 0.417. The molecule has 0 aliphatic heterocycles. The van der Waals surface area contributed by atoms with E-state index >= 15 is 0 Å². The predicted octanol–water partition coefficient (Wildman–Crippen LogP) is 3.43. The molecule has 0 spiro atoms. The van der Waals surface area contributed by atoms with Gasteiger partial charge in [-0.2, -0.15) is 11.8 Å². The van der Waals surface area contributed by atoms with Crippen molar-refractivity contribution in [1.29, 1.82) is 0 Å². The average molecular weight is 267 g/mol. The second-order valence-corrected chi connectivity index (χ2v) is 5.89. The minimum absolute atomic E-state index is 0.489. The number of hydrogen-bond acceptors (Lipinski definition) is 5. The lowest BCUT2D eigenvalue weighted by Crippen LogP contribution is -2.20. The number of nitrogens with zero attached hydrogens (tertiary/aromatic N) is 1. The van der Waals surface area contributed by atoms with Crippen molar-refractivity contribution in [3.8, 4) is 0 Å². The molecular formula is C12H17N3S2. The second-order valence-electron chi connectivity index (χ2n) is 3.95. The van der Waals surface area contributed by atoms with Gasteiger partial charge in [-0.15, -0.1) is 0 Å². The molecule has 1 aromatic heterocycles. The first-order chi connectivity index (χ1) is 8.22. The smallest absolute Gasteiger partial charge is 0.184 e. The van der Waals surface area contributed by atoms with Crippen LogP contribution >= 0.6 is 23.1 Å². The van der Waals surface area contributed by atoms with Gasteiger partial charge in [0.05, 0.1) is 10.2 Å². The molecule has 5 heteroatoms. The Hall–Kier alpha value is -0.940. The van der Waals surface area contributed by atoms with E-state index in [1.807, 2.05) is 30.0 Å². The number of rotatable bonds is 5. The molecule has 0 amide bonds. The Bertz CT molecular complexity index is 495. The van der Waals surface area contributed by atoms with Crippen LogP contribution in [0.3, 0.4) is 0 Å². The number of benzene rings is 1. The highest BCUT2D eigenvalue weighted by Crippen LogP contribution is 2.28. The molecule has 3 N–H and O–H groups in total. The summed E-state index contributed by atoms with van der Waals surface area (Å²) in [5.41, 5.74) is 7.58. The molecule has 1 unspecified atom stereocenters. The summed E-state index contributed by atoms with van der Waals surface area (Å²) in [6, 6.07) is 6.34. The number of aromatic nitrogens is 1. The molecule has 1 atom stereocenters. The molecule has 2 aromatic rings. The van der Waals surface area contributed by atoms with Crippen LogP contribution in [-0.4, -0.2) is 23.0 Å². The van der Waals surface area contributed by atoms with Crippen molar-refractivity contribution in [3.05, 3.63) is 18.2 Å². The highest BCUT2D eigenvalue weighted by molar-refractivity contribution is 7.98. The van der Waals surface area contributed by atoms with Crippen molar-refractivity contribution in [2.24, 2.45) is 0 Å². The molecule has 0 fully saturated rings. The van der Waals surface area contributed by atoms with E-state index in [-0.39, 0.29) is 0 Å². The van der Waals surface area contributed by atoms with Gasteiger partial charge in [0.1, 0.15) is 0 Å². The molecular weight excluding hydrogens is 250 g/mol. The zero-order valence-electron chi connectivity index (χ0n) is 10.1. The van der Waals surface area contributed by atoms with Crippen molar-refractivity contribution >= 4 is 44.1 Å². The highest BCUT2D eigenvalue weighted by Gasteiger charge is 2.09. The number of hydrogen-bond donors (Lipinski definition) is 2. The lowest BCUT2D eigenvalue weighted by atomic mass is 10.3. The summed E-state index contributed by atoms with van der Waals surface area (Å²) in [6.45, 7) is 2.19. The third kappa shape index (κ3) is 3.04. The molecule has 3 nitrogen and oxygen atoms in total. The van der Waals surface area contributed by atoms with Crippen molar-refractivity contribution in [1.82, 2.24) is 4.98 Å². The minimum atomic E-state index is 0.489. The van der Waals surface area contributed by atoms with Crippen LogP contribution in [0.4, 0.5) is 10.8 Å². The average Bonchev–Trinajstić information content (AvgIpc) is 2.69. The summed E-state index contributed by atoms with van der Waals surface area (Å²) in [4.78, 5) is 4.57. The van der Waals surface area contributed by atoms with E-state index in [0.717, 1.165) is 33.2 Å². The topological polar surface area (TPSA) is 50.9 Å². The summed E-state index contributed by atoms with van der Waals surface area (Å²) in [6.07, 6.45) is 3.24. The van der Waals surface area contributed by atoms with Crippen LogP contribution in [0, 0.1) is 0 Å². The molecule has 0 aliphatic carbocycles. The Morgan fingerprint density at radius 3 is 3.06 bits per heavy atom. The number of fused-ring (bicyclic) bond motifs is 1. The van der Waals surface area contributed by atoms with Gasteiger partial charge in [-0.1, -0.05) is 18.3 Å². The molecule has 0 aliphatic rings. The van der Waals surface area contributed by atoms with Crippen molar-refractivity contribution in [3.63, 3.8) is 0 Å². The Labute approximate surface area is 110 Å². The summed E-state index contributed by atoms with van der Waals surface area (Å²) >= 11 is 3.53. The van der Waals surface area contributed by atoms with Crippen LogP contribution < -0.4 is 11.1 Å². The Morgan fingerprint density at radius 2 is 2.35 bits per heavy atom. The number of thiazole rings is 1. The second kappa shape index (κ2) is 5.60. The molecule has 0 saturated heterocycles. The summed E-state index contributed by atoms with van der Waals surface area (Å²) < 4.78 is 1.14. The fourth-order valence-corrected chi connectivity index (χ4v) is 3.35. The first-order valence-electron chi connectivity index (χ1n) is 5.64. The van der Waals surface area contributed by atoms with Gasteiger partial charge < -0.3 is 11.1 Å². The van der Waals surface area contributed by atoms with E-state index in [1.54, 1.807) is 11.3 Å². The first kappa shape index (κ1) is 12.5. The molecule has 1 heterocycles. The number of nitrogens with two attached hydrogens (primary N) is 1. The van der Waals surface area contributed by atoms with Crippen LogP contribution in [0.2, 0.25) is 0 Å². The van der Waals surface area contributed by atoms with Crippen molar-refractivity contribution in [2.75, 3.05) is 23.1 Å². The highest BCUT2D eigenvalue weighted by atomic mass is 32.2. The molecule has 1 aromatic carbocycles. The van der Waals surface area contributed by atoms with Gasteiger partial charge in [0.15, 0.2) is 5.13 Å². The van der Waals surface area contributed by atoms with Crippen LogP contribution in [0.15, 0.2) is 18.2 Å². The van der Waals surface area contributed by atoms with Crippen LogP contribution in [-0.2, 0) is 0 Å². The van der Waals surface area contributed by atoms with Gasteiger partial charge in [-0.05, 0) is 30.9 Å². The van der Waals surface area contributed by atoms with Gasteiger partial charge in [0, 0.05) is 17.5 Å². The summed E-state index contributed by atoms with van der Waals surface area (Å²) in [7, 11) is 0. The Morgan fingerprint density at radius 1 is 1.53 bits per heavy atom. The van der Waals surface area contributed by atoms with Gasteiger partial charge in [-0.3, -0.25) is 0 Å². The maximum Gasteiger partial charge on any atom is 0.184 e. The number of nitrogens with one attached hydrogen (secondary N) is 1. The zero-order chi connectivity index (χ0) is 12.3. The molecule has 0 bridgehead atoms. The Kier molecular flexibility index (Phi) is 4.12. The standard InChI is InChI=1S/C12H17N3S2/c1-3-9(7-16-2)14-12-15-10-5-4-8(13)6-11(10)17-12/h4-6,9H,3,7,13H2,1-2H3,(H,14,15). The molecule has 92 valence electrons. The number of anilines is 2. The maximum atomic E-state index is 5.76. The van der Waals surface area contributed by atoms with Crippen LogP contribution in [0.1, 0.15) is 13.3 Å². The van der Waals surface area contributed by atoms with Gasteiger partial charge in [0.25, 0.3) is 0 Å². The largest absolute Gasteiger partial charge is 0.399 e.